The standard InChI is InChI=1S/C22H19N5O/c1-14-21-25-20(15-5-3-2-4-6-15)22(27(21)12-11-23-14)24-17-8-9-18-16(13-17)7-10-19(18)26-28/h2-6,8-9,11-13,24,28H,7,10H2,1H3. The van der Waals surface area contributed by atoms with Crippen LogP contribution in [0.3, 0.4) is 0 Å². The van der Waals surface area contributed by atoms with E-state index in [0.29, 0.717) is 0 Å². The van der Waals surface area contributed by atoms with Gasteiger partial charge in [0, 0.05) is 29.2 Å². The second kappa shape index (κ2) is 6.49. The molecule has 6 heteroatoms. The van der Waals surface area contributed by atoms with E-state index >= 15 is 0 Å². The molecule has 2 heterocycles. The van der Waals surface area contributed by atoms with Gasteiger partial charge in [-0.1, -0.05) is 41.6 Å². The van der Waals surface area contributed by atoms with Crippen LogP contribution in [0.5, 0.6) is 0 Å². The SMILES string of the molecule is Cc1nccn2c(Nc3ccc4c(c3)CCC4=NO)c(-c3ccccc3)nc12. The maximum absolute atomic E-state index is 9.15. The number of nitrogens with one attached hydrogen (secondary N) is 1. The van der Waals surface area contributed by atoms with Crippen molar-refractivity contribution < 1.29 is 5.21 Å². The molecule has 5 rings (SSSR count). The summed E-state index contributed by atoms with van der Waals surface area (Å²) in [7, 11) is 0. The van der Waals surface area contributed by atoms with Gasteiger partial charge in [0.2, 0.25) is 0 Å². The highest BCUT2D eigenvalue weighted by atomic mass is 16.4. The number of hydrogen-bond acceptors (Lipinski definition) is 5. The molecule has 28 heavy (non-hydrogen) atoms. The average molecular weight is 369 g/mol. The van der Waals surface area contributed by atoms with Gasteiger partial charge >= 0.3 is 0 Å². The Morgan fingerprint density at radius 1 is 1.11 bits per heavy atom. The molecule has 2 N–H and O–H groups in total. The zero-order chi connectivity index (χ0) is 19.1. The van der Waals surface area contributed by atoms with Gasteiger partial charge in [-0.3, -0.25) is 9.38 Å². The molecule has 0 aliphatic heterocycles. The van der Waals surface area contributed by atoms with Crippen LogP contribution in [0.1, 0.15) is 23.2 Å². The van der Waals surface area contributed by atoms with Gasteiger partial charge < -0.3 is 10.5 Å². The van der Waals surface area contributed by atoms with E-state index in [-0.39, 0.29) is 0 Å². The molecule has 4 aromatic rings. The average Bonchev–Trinajstić information content (AvgIpc) is 3.31. The van der Waals surface area contributed by atoms with Crippen LogP contribution in [0, 0.1) is 6.92 Å². The summed E-state index contributed by atoms with van der Waals surface area (Å²) in [6.07, 6.45) is 5.36. The number of rotatable bonds is 3. The number of aromatic nitrogens is 3. The third-order valence-corrected chi connectivity index (χ3v) is 5.20. The Morgan fingerprint density at radius 3 is 2.79 bits per heavy atom. The van der Waals surface area contributed by atoms with E-state index in [2.05, 4.69) is 33.7 Å². The number of anilines is 2. The summed E-state index contributed by atoms with van der Waals surface area (Å²) in [4.78, 5) is 9.24. The van der Waals surface area contributed by atoms with Crippen LogP contribution in [-0.2, 0) is 6.42 Å². The highest BCUT2D eigenvalue weighted by Crippen LogP contribution is 2.33. The highest BCUT2D eigenvalue weighted by Gasteiger charge is 2.20. The van der Waals surface area contributed by atoms with Gasteiger partial charge in [0.1, 0.15) is 11.5 Å². The molecule has 6 nitrogen and oxygen atoms in total. The van der Waals surface area contributed by atoms with Crippen molar-refractivity contribution >= 4 is 22.9 Å². The summed E-state index contributed by atoms with van der Waals surface area (Å²) in [5.41, 5.74) is 7.58. The lowest BCUT2D eigenvalue weighted by Gasteiger charge is -2.11. The van der Waals surface area contributed by atoms with Crippen molar-refractivity contribution in [3.63, 3.8) is 0 Å². The maximum Gasteiger partial charge on any atom is 0.160 e. The van der Waals surface area contributed by atoms with E-state index < -0.39 is 0 Å². The molecule has 0 spiro atoms. The summed E-state index contributed by atoms with van der Waals surface area (Å²) >= 11 is 0. The van der Waals surface area contributed by atoms with Crippen LogP contribution < -0.4 is 5.32 Å². The summed E-state index contributed by atoms with van der Waals surface area (Å²) < 4.78 is 2.04. The normalized spacial score (nSPS) is 14.5. The molecule has 0 radical (unpaired) electrons. The van der Waals surface area contributed by atoms with Gasteiger partial charge in [0.25, 0.3) is 0 Å². The first-order valence-electron chi connectivity index (χ1n) is 9.25. The van der Waals surface area contributed by atoms with Crippen LogP contribution in [0.15, 0.2) is 66.1 Å². The summed E-state index contributed by atoms with van der Waals surface area (Å²) in [6, 6.07) is 16.3. The predicted molar refractivity (Wildman–Crippen MR) is 110 cm³/mol. The van der Waals surface area contributed by atoms with E-state index in [1.807, 2.05) is 47.9 Å². The molecular formula is C22H19N5O. The monoisotopic (exact) mass is 369 g/mol. The lowest BCUT2D eigenvalue weighted by molar-refractivity contribution is 0.318. The van der Waals surface area contributed by atoms with Crippen LogP contribution in [-0.4, -0.2) is 25.3 Å². The zero-order valence-electron chi connectivity index (χ0n) is 15.4. The van der Waals surface area contributed by atoms with Gasteiger partial charge in [-0.15, -0.1) is 0 Å². The van der Waals surface area contributed by atoms with E-state index in [9.17, 15) is 0 Å². The zero-order valence-corrected chi connectivity index (χ0v) is 15.4. The van der Waals surface area contributed by atoms with Crippen molar-refractivity contribution in [2.75, 3.05) is 5.32 Å². The van der Waals surface area contributed by atoms with Crippen molar-refractivity contribution in [3.05, 3.63) is 77.7 Å². The van der Waals surface area contributed by atoms with Crippen LogP contribution in [0.2, 0.25) is 0 Å². The highest BCUT2D eigenvalue weighted by molar-refractivity contribution is 6.04. The maximum atomic E-state index is 9.15. The Kier molecular flexibility index (Phi) is 3.83. The molecule has 1 aliphatic rings. The van der Waals surface area contributed by atoms with Crippen molar-refractivity contribution in [3.8, 4) is 11.3 Å². The summed E-state index contributed by atoms with van der Waals surface area (Å²) in [5, 5.41) is 16.1. The number of nitrogens with zero attached hydrogens (tertiary/aromatic N) is 4. The molecule has 2 aromatic heterocycles. The molecule has 0 bridgehead atoms. The fraction of sp³-hybridized carbons (Fsp3) is 0.136. The second-order valence-electron chi connectivity index (χ2n) is 6.92. The van der Waals surface area contributed by atoms with Gasteiger partial charge in [0.15, 0.2) is 5.65 Å². The molecule has 0 saturated heterocycles. The van der Waals surface area contributed by atoms with Gasteiger partial charge in [-0.25, -0.2) is 4.98 Å². The largest absolute Gasteiger partial charge is 0.411 e. The quantitative estimate of drug-likeness (QED) is 0.410. The number of hydrogen-bond donors (Lipinski definition) is 2. The van der Waals surface area contributed by atoms with Crippen LogP contribution in [0.4, 0.5) is 11.5 Å². The Balaban J connectivity index is 1.64. The van der Waals surface area contributed by atoms with Crippen molar-refractivity contribution in [1.82, 2.24) is 14.4 Å². The Hall–Kier alpha value is -3.67. The fourth-order valence-electron chi connectivity index (χ4n) is 3.81. The van der Waals surface area contributed by atoms with Crippen molar-refractivity contribution in [1.29, 1.82) is 0 Å². The minimum absolute atomic E-state index is 0.753. The molecule has 1 aliphatic carbocycles. The van der Waals surface area contributed by atoms with E-state index in [1.54, 1.807) is 6.20 Å². The fourth-order valence-corrected chi connectivity index (χ4v) is 3.81. The first kappa shape index (κ1) is 16.5. The Bertz CT molecular complexity index is 1210. The Morgan fingerprint density at radius 2 is 1.96 bits per heavy atom. The lowest BCUT2D eigenvalue weighted by Crippen LogP contribution is -1.99. The van der Waals surface area contributed by atoms with Crippen molar-refractivity contribution in [2.45, 2.75) is 19.8 Å². The topological polar surface area (TPSA) is 74.8 Å². The number of imidazole rings is 1. The van der Waals surface area contributed by atoms with Gasteiger partial charge in [-0.2, -0.15) is 0 Å². The molecular weight excluding hydrogens is 350 g/mol. The molecule has 0 fully saturated rings. The smallest absolute Gasteiger partial charge is 0.160 e. The van der Waals surface area contributed by atoms with Gasteiger partial charge in [0.05, 0.1) is 11.4 Å². The second-order valence-corrected chi connectivity index (χ2v) is 6.92. The third kappa shape index (κ3) is 2.62. The van der Waals surface area contributed by atoms with Crippen LogP contribution >= 0.6 is 0 Å². The molecule has 2 aromatic carbocycles. The molecule has 0 unspecified atom stereocenters. The number of oxime groups is 1. The predicted octanol–water partition coefficient (Wildman–Crippen LogP) is 4.57. The number of benzene rings is 2. The first-order chi connectivity index (χ1) is 13.7. The van der Waals surface area contributed by atoms with E-state index in [1.165, 1.54) is 5.56 Å². The Labute approximate surface area is 162 Å². The van der Waals surface area contributed by atoms with E-state index in [4.69, 9.17) is 10.2 Å². The molecule has 0 saturated carbocycles. The minimum Gasteiger partial charge on any atom is -0.411 e. The molecule has 138 valence electrons. The van der Waals surface area contributed by atoms with Crippen LogP contribution in [0.25, 0.3) is 16.9 Å². The van der Waals surface area contributed by atoms with E-state index in [0.717, 1.165) is 58.2 Å². The molecule has 0 atom stereocenters. The summed E-state index contributed by atoms with van der Waals surface area (Å²) in [5.74, 6) is 0.903. The lowest BCUT2D eigenvalue weighted by atomic mass is 10.1. The number of fused-ring (bicyclic) bond motifs is 2. The third-order valence-electron chi connectivity index (χ3n) is 5.20. The first-order valence-corrected chi connectivity index (χ1v) is 9.25. The molecule has 0 amide bonds. The van der Waals surface area contributed by atoms with Gasteiger partial charge in [-0.05, 0) is 37.5 Å². The minimum atomic E-state index is 0.753. The number of aryl methyl sites for hydroxylation is 2. The summed E-state index contributed by atoms with van der Waals surface area (Å²) in [6.45, 7) is 1.96. The van der Waals surface area contributed by atoms with Crippen molar-refractivity contribution in [2.24, 2.45) is 5.16 Å².